The molecule has 46 heavy (non-hydrogen) atoms. The van der Waals surface area contributed by atoms with Gasteiger partial charge in [-0.2, -0.15) is 5.26 Å². The zero-order chi connectivity index (χ0) is 30.9. The van der Waals surface area contributed by atoms with Gasteiger partial charge in [-0.1, -0.05) is 152 Å². The van der Waals surface area contributed by atoms with E-state index in [4.69, 9.17) is 0 Å². The van der Waals surface area contributed by atoms with Gasteiger partial charge in [-0.15, -0.1) is 0 Å². The summed E-state index contributed by atoms with van der Waals surface area (Å²) in [5.41, 5.74) is 6.17. The lowest BCUT2D eigenvalue weighted by Crippen LogP contribution is -2.75. The third-order valence-corrected chi connectivity index (χ3v) is 14.0. The minimum Gasteiger partial charge on any atom is -0.309 e. The summed E-state index contributed by atoms with van der Waals surface area (Å²) < 4.78 is 2.34. The van der Waals surface area contributed by atoms with E-state index in [0.717, 1.165) is 16.8 Å². The van der Waals surface area contributed by atoms with Crippen LogP contribution in [0.25, 0.3) is 38.6 Å². The van der Waals surface area contributed by atoms with E-state index in [9.17, 15) is 5.26 Å². The number of aromatic nitrogens is 1. The molecule has 0 bridgehead atoms. The van der Waals surface area contributed by atoms with Crippen LogP contribution in [0.4, 0.5) is 0 Å². The first-order valence-corrected chi connectivity index (χ1v) is 17.6. The highest BCUT2D eigenvalue weighted by atomic mass is 28.3. The van der Waals surface area contributed by atoms with Crippen LogP contribution < -0.4 is 20.7 Å². The summed E-state index contributed by atoms with van der Waals surface area (Å²) >= 11 is 0. The molecule has 0 aliphatic rings. The largest absolute Gasteiger partial charge is 0.309 e. The highest BCUT2D eigenvalue weighted by Gasteiger charge is 2.43. The molecule has 0 N–H and O–H groups in total. The van der Waals surface area contributed by atoms with Crippen LogP contribution in [0.3, 0.4) is 0 Å². The summed E-state index contributed by atoms with van der Waals surface area (Å²) in [5.74, 6) is 0. The molecule has 0 fully saturated rings. The number of rotatable bonds is 6. The predicted molar refractivity (Wildman–Crippen MR) is 195 cm³/mol. The highest BCUT2D eigenvalue weighted by molar-refractivity contribution is 7.20. The van der Waals surface area contributed by atoms with Crippen molar-refractivity contribution in [3.05, 3.63) is 188 Å². The molecule has 8 aromatic rings. The SMILES string of the molecule is N#Cc1cccc([Si](c2ccccc2)(c2ccccc2)c2ccccc2)c1-c1ccc(-n2c3ccccc3c3ccccc32)cc1. The van der Waals surface area contributed by atoms with Crippen LogP contribution in [0, 0.1) is 11.3 Å². The van der Waals surface area contributed by atoms with Gasteiger partial charge in [0.25, 0.3) is 0 Å². The molecule has 0 radical (unpaired) electrons. The van der Waals surface area contributed by atoms with Crippen LogP contribution in [0.1, 0.15) is 5.56 Å². The number of hydrogen-bond acceptors (Lipinski definition) is 1. The molecule has 7 aromatic carbocycles. The summed E-state index contributed by atoms with van der Waals surface area (Å²) in [4.78, 5) is 0. The fraction of sp³-hybridized carbons (Fsp3) is 0. The molecule has 0 unspecified atom stereocenters. The first-order valence-electron chi connectivity index (χ1n) is 15.6. The molecule has 0 saturated heterocycles. The Morgan fingerprint density at radius 3 is 1.37 bits per heavy atom. The Morgan fingerprint density at radius 1 is 0.435 bits per heavy atom. The predicted octanol–water partition coefficient (Wildman–Crippen LogP) is 7.70. The lowest BCUT2D eigenvalue weighted by atomic mass is 10.00. The monoisotopic (exact) mass is 602 g/mol. The van der Waals surface area contributed by atoms with Crippen LogP contribution in [0.2, 0.25) is 0 Å². The Hall–Kier alpha value is -5.95. The van der Waals surface area contributed by atoms with Gasteiger partial charge in [0.05, 0.1) is 22.7 Å². The maximum absolute atomic E-state index is 10.6. The zero-order valence-electron chi connectivity index (χ0n) is 25.2. The third kappa shape index (κ3) is 4.31. The Morgan fingerprint density at radius 2 is 0.891 bits per heavy atom. The standard InChI is InChI=1S/C43H30N2Si/c44-31-33-15-14-26-42(46(35-16-4-1-5-17-35,36-18-6-2-7-19-36)37-20-8-3-9-21-37)43(33)32-27-29-34(30-28-32)45-40-24-12-10-22-38(40)39-23-11-13-25-41(39)45/h1-30H. The summed E-state index contributed by atoms with van der Waals surface area (Å²) in [6.07, 6.45) is 0. The van der Waals surface area contributed by atoms with Crippen LogP contribution in [-0.4, -0.2) is 12.6 Å². The fourth-order valence-corrected chi connectivity index (χ4v) is 12.3. The number of nitrogens with zero attached hydrogens (tertiary/aromatic N) is 2. The van der Waals surface area contributed by atoms with E-state index in [2.05, 4.69) is 187 Å². The molecule has 3 heteroatoms. The molecule has 1 heterocycles. The van der Waals surface area contributed by atoms with Crippen molar-refractivity contribution in [1.82, 2.24) is 4.57 Å². The second-order valence-electron chi connectivity index (χ2n) is 11.6. The minimum atomic E-state index is -2.87. The summed E-state index contributed by atoms with van der Waals surface area (Å²) in [6.45, 7) is 0. The van der Waals surface area contributed by atoms with Crippen molar-refractivity contribution in [2.24, 2.45) is 0 Å². The average molecular weight is 603 g/mol. The maximum atomic E-state index is 10.6. The van der Waals surface area contributed by atoms with Gasteiger partial charge in [0.15, 0.2) is 8.07 Å². The van der Waals surface area contributed by atoms with Crippen LogP contribution in [0.15, 0.2) is 182 Å². The first-order chi connectivity index (χ1) is 22.8. The molecule has 0 saturated carbocycles. The summed E-state index contributed by atoms with van der Waals surface area (Å²) in [6, 6.07) is 67.4. The lowest BCUT2D eigenvalue weighted by molar-refractivity contribution is 1.18. The van der Waals surface area contributed by atoms with Crippen molar-refractivity contribution in [1.29, 1.82) is 5.26 Å². The van der Waals surface area contributed by atoms with Crippen molar-refractivity contribution in [3.63, 3.8) is 0 Å². The van der Waals surface area contributed by atoms with Crippen LogP contribution >= 0.6 is 0 Å². The Labute approximate surface area is 270 Å². The molecule has 8 rings (SSSR count). The number of para-hydroxylation sites is 2. The van der Waals surface area contributed by atoms with Crippen LogP contribution in [0.5, 0.6) is 0 Å². The highest BCUT2D eigenvalue weighted by Crippen LogP contribution is 2.33. The maximum Gasteiger partial charge on any atom is 0.180 e. The van der Waals surface area contributed by atoms with Crippen molar-refractivity contribution in [3.8, 4) is 22.9 Å². The molecule has 0 aliphatic carbocycles. The van der Waals surface area contributed by atoms with E-state index in [1.165, 1.54) is 42.6 Å². The molecule has 0 atom stereocenters. The van der Waals surface area contributed by atoms with Gasteiger partial charge in [0, 0.05) is 16.5 Å². The van der Waals surface area contributed by atoms with E-state index in [0.29, 0.717) is 5.56 Å². The van der Waals surface area contributed by atoms with Gasteiger partial charge in [0.2, 0.25) is 0 Å². The van der Waals surface area contributed by atoms with Crippen molar-refractivity contribution >= 4 is 50.6 Å². The molecule has 0 aliphatic heterocycles. The smallest absolute Gasteiger partial charge is 0.180 e. The van der Waals surface area contributed by atoms with E-state index < -0.39 is 8.07 Å². The topological polar surface area (TPSA) is 28.7 Å². The number of fused-ring (bicyclic) bond motifs is 3. The molecule has 216 valence electrons. The molecular weight excluding hydrogens is 573 g/mol. The molecular formula is C43H30N2Si. The second kappa shape index (κ2) is 11.5. The Balaban J connectivity index is 1.40. The normalized spacial score (nSPS) is 11.5. The Bertz CT molecular complexity index is 2200. The molecule has 0 spiro atoms. The Kier molecular flexibility index (Phi) is 6.91. The third-order valence-electron chi connectivity index (χ3n) is 9.20. The van der Waals surface area contributed by atoms with Gasteiger partial charge in [-0.05, 0) is 62.2 Å². The van der Waals surface area contributed by atoms with Gasteiger partial charge in [-0.3, -0.25) is 0 Å². The van der Waals surface area contributed by atoms with Gasteiger partial charge in [0.1, 0.15) is 0 Å². The van der Waals surface area contributed by atoms with E-state index in [-0.39, 0.29) is 0 Å². The average Bonchev–Trinajstić information content (AvgIpc) is 3.48. The van der Waals surface area contributed by atoms with Gasteiger partial charge >= 0.3 is 0 Å². The lowest BCUT2D eigenvalue weighted by Gasteiger charge is -2.36. The molecule has 0 amide bonds. The molecule has 2 nitrogen and oxygen atoms in total. The van der Waals surface area contributed by atoms with E-state index >= 15 is 0 Å². The number of nitriles is 1. The van der Waals surface area contributed by atoms with E-state index in [1.54, 1.807) is 0 Å². The zero-order valence-corrected chi connectivity index (χ0v) is 26.2. The number of hydrogen-bond donors (Lipinski definition) is 0. The second-order valence-corrected chi connectivity index (χ2v) is 15.4. The van der Waals surface area contributed by atoms with Crippen molar-refractivity contribution in [2.75, 3.05) is 0 Å². The van der Waals surface area contributed by atoms with Gasteiger partial charge in [-0.25, -0.2) is 0 Å². The van der Waals surface area contributed by atoms with Crippen molar-refractivity contribution < 1.29 is 0 Å². The summed E-state index contributed by atoms with van der Waals surface area (Å²) in [5, 5.41) is 18.1. The number of benzene rings is 7. The molecule has 1 aromatic heterocycles. The first kappa shape index (κ1) is 27.6. The van der Waals surface area contributed by atoms with Crippen molar-refractivity contribution in [2.45, 2.75) is 0 Å². The van der Waals surface area contributed by atoms with Crippen LogP contribution in [-0.2, 0) is 0 Å². The van der Waals surface area contributed by atoms with E-state index in [1.807, 2.05) is 6.07 Å². The van der Waals surface area contributed by atoms with Gasteiger partial charge < -0.3 is 4.57 Å². The summed E-state index contributed by atoms with van der Waals surface area (Å²) in [7, 11) is -2.87. The minimum absolute atomic E-state index is 0.682. The fourth-order valence-electron chi connectivity index (χ4n) is 7.28. The quantitative estimate of drug-likeness (QED) is 0.142.